The Bertz CT molecular complexity index is 336. The van der Waals surface area contributed by atoms with Gasteiger partial charge < -0.3 is 5.32 Å². The number of hydrogen-bond donors (Lipinski definition) is 1. The molecule has 1 unspecified atom stereocenters. The van der Waals surface area contributed by atoms with E-state index in [0.29, 0.717) is 0 Å². The number of hydrogen-bond acceptors (Lipinski definition) is 1. The summed E-state index contributed by atoms with van der Waals surface area (Å²) in [6.07, 6.45) is 2.23. The first-order valence-electron chi connectivity index (χ1n) is 5.03. The average Bonchev–Trinajstić information content (AvgIpc) is 2.63. The van der Waals surface area contributed by atoms with Crippen LogP contribution in [0.15, 0.2) is 12.1 Å². The third-order valence-electron chi connectivity index (χ3n) is 2.72. The smallest absolute Gasteiger partial charge is 0.132 e. The highest BCUT2D eigenvalue weighted by Crippen LogP contribution is 2.19. The highest BCUT2D eigenvalue weighted by Gasteiger charge is 2.19. The van der Waals surface area contributed by atoms with Crippen LogP contribution < -0.4 is 5.32 Å². The highest BCUT2D eigenvalue weighted by atomic mass is 19.1. The monoisotopic (exact) mass is 215 g/mol. The van der Waals surface area contributed by atoms with Crippen molar-refractivity contribution in [2.75, 3.05) is 6.54 Å². The fourth-order valence-electron chi connectivity index (χ4n) is 1.94. The normalized spacial score (nSPS) is 20.9. The Morgan fingerprint density at radius 2 is 1.87 bits per heavy atom. The lowest BCUT2D eigenvalue weighted by Gasteiger charge is -2.11. The maximum Gasteiger partial charge on any atom is 0.132 e. The second-order valence-corrected chi connectivity index (χ2v) is 3.85. The van der Waals surface area contributed by atoms with Gasteiger partial charge in [-0.25, -0.2) is 13.2 Å². The van der Waals surface area contributed by atoms with Gasteiger partial charge in [-0.2, -0.15) is 0 Å². The molecule has 0 aliphatic carbocycles. The molecule has 1 aliphatic rings. The Morgan fingerprint density at radius 1 is 1.20 bits per heavy atom. The minimum absolute atomic E-state index is 0.0178. The third-order valence-corrected chi connectivity index (χ3v) is 2.72. The molecule has 1 aromatic rings. The Kier molecular flexibility index (Phi) is 2.95. The van der Waals surface area contributed by atoms with Gasteiger partial charge in [-0.15, -0.1) is 0 Å². The van der Waals surface area contributed by atoms with Gasteiger partial charge in [0.25, 0.3) is 0 Å². The van der Waals surface area contributed by atoms with E-state index in [-0.39, 0.29) is 18.0 Å². The lowest BCUT2D eigenvalue weighted by molar-refractivity contribution is 0.500. The molecule has 0 bridgehead atoms. The Hall–Kier alpha value is -1.03. The van der Waals surface area contributed by atoms with Crippen LogP contribution in [0.4, 0.5) is 13.2 Å². The molecule has 4 heteroatoms. The minimum Gasteiger partial charge on any atom is -0.314 e. The molecular weight excluding hydrogens is 203 g/mol. The van der Waals surface area contributed by atoms with Crippen molar-refractivity contribution in [3.05, 3.63) is 35.1 Å². The van der Waals surface area contributed by atoms with Crippen LogP contribution >= 0.6 is 0 Å². The number of benzene rings is 1. The molecule has 0 amide bonds. The average molecular weight is 215 g/mol. The van der Waals surface area contributed by atoms with Crippen molar-refractivity contribution in [3.63, 3.8) is 0 Å². The molecule has 2 rings (SSSR count). The summed E-state index contributed by atoms with van der Waals surface area (Å²) < 4.78 is 39.1. The van der Waals surface area contributed by atoms with E-state index >= 15 is 0 Å². The predicted molar refractivity (Wildman–Crippen MR) is 51.0 cm³/mol. The van der Waals surface area contributed by atoms with E-state index in [1.165, 1.54) is 0 Å². The van der Waals surface area contributed by atoms with Gasteiger partial charge in [0.1, 0.15) is 17.5 Å². The molecule has 1 heterocycles. The van der Waals surface area contributed by atoms with E-state index < -0.39 is 17.5 Å². The van der Waals surface area contributed by atoms with Crippen LogP contribution in [-0.4, -0.2) is 12.6 Å². The van der Waals surface area contributed by atoms with Gasteiger partial charge in [-0.1, -0.05) is 0 Å². The Balaban J connectivity index is 2.19. The molecule has 1 saturated heterocycles. The van der Waals surface area contributed by atoms with Crippen molar-refractivity contribution in [2.24, 2.45) is 0 Å². The van der Waals surface area contributed by atoms with E-state index in [9.17, 15) is 13.2 Å². The number of rotatable bonds is 2. The van der Waals surface area contributed by atoms with Crippen LogP contribution in [0.1, 0.15) is 18.4 Å². The molecule has 0 saturated carbocycles. The van der Waals surface area contributed by atoms with Crippen molar-refractivity contribution in [3.8, 4) is 0 Å². The van der Waals surface area contributed by atoms with Gasteiger partial charge in [0.05, 0.1) is 0 Å². The molecule has 82 valence electrons. The molecule has 1 fully saturated rings. The molecule has 1 aliphatic heterocycles. The molecule has 1 aromatic carbocycles. The zero-order valence-corrected chi connectivity index (χ0v) is 8.19. The fourth-order valence-corrected chi connectivity index (χ4v) is 1.94. The molecule has 15 heavy (non-hydrogen) atoms. The van der Waals surface area contributed by atoms with Gasteiger partial charge >= 0.3 is 0 Å². The molecule has 0 spiro atoms. The quantitative estimate of drug-likeness (QED) is 0.798. The third kappa shape index (κ3) is 2.31. The standard InChI is InChI=1S/C11H12F3N/c12-7-4-10(13)9(11(14)5-7)6-8-2-1-3-15-8/h4-5,8,15H,1-3,6H2. The van der Waals surface area contributed by atoms with E-state index in [0.717, 1.165) is 31.5 Å². The van der Waals surface area contributed by atoms with Crippen molar-refractivity contribution < 1.29 is 13.2 Å². The van der Waals surface area contributed by atoms with Gasteiger partial charge in [-0.05, 0) is 25.8 Å². The molecule has 1 atom stereocenters. The largest absolute Gasteiger partial charge is 0.314 e. The van der Waals surface area contributed by atoms with E-state index in [1.807, 2.05) is 0 Å². The first-order valence-corrected chi connectivity index (χ1v) is 5.03. The minimum atomic E-state index is -0.867. The second-order valence-electron chi connectivity index (χ2n) is 3.85. The predicted octanol–water partition coefficient (Wildman–Crippen LogP) is 2.40. The van der Waals surface area contributed by atoms with Crippen LogP contribution in [0.3, 0.4) is 0 Å². The molecular formula is C11H12F3N. The molecule has 0 aromatic heterocycles. The molecule has 1 N–H and O–H groups in total. The molecule has 0 radical (unpaired) electrons. The Labute approximate surface area is 86.3 Å². The topological polar surface area (TPSA) is 12.0 Å². The summed E-state index contributed by atoms with van der Waals surface area (Å²) in [5.74, 6) is -2.45. The summed E-state index contributed by atoms with van der Waals surface area (Å²) in [6.45, 7) is 0.884. The van der Waals surface area contributed by atoms with Gasteiger partial charge in [0, 0.05) is 23.7 Å². The second kappa shape index (κ2) is 4.23. The van der Waals surface area contributed by atoms with Crippen LogP contribution in [0, 0.1) is 17.5 Å². The summed E-state index contributed by atoms with van der Waals surface area (Å²) in [4.78, 5) is 0. The lowest BCUT2D eigenvalue weighted by atomic mass is 10.0. The summed E-state index contributed by atoms with van der Waals surface area (Å²) in [7, 11) is 0. The van der Waals surface area contributed by atoms with Crippen molar-refractivity contribution >= 4 is 0 Å². The first kappa shape index (κ1) is 10.5. The zero-order chi connectivity index (χ0) is 10.8. The van der Waals surface area contributed by atoms with E-state index in [2.05, 4.69) is 5.32 Å². The summed E-state index contributed by atoms with van der Waals surface area (Å²) in [5, 5.41) is 3.15. The fraction of sp³-hybridized carbons (Fsp3) is 0.455. The number of halogens is 3. The first-order chi connectivity index (χ1) is 7.16. The van der Waals surface area contributed by atoms with Crippen molar-refractivity contribution in [2.45, 2.75) is 25.3 Å². The maximum atomic E-state index is 13.3. The zero-order valence-electron chi connectivity index (χ0n) is 8.19. The van der Waals surface area contributed by atoms with Crippen molar-refractivity contribution in [1.82, 2.24) is 5.32 Å². The summed E-state index contributed by atoms with van der Waals surface area (Å²) in [6, 6.07) is 1.57. The SMILES string of the molecule is Fc1cc(F)c(CC2CCCN2)c(F)c1. The van der Waals surface area contributed by atoms with Crippen LogP contribution in [0.25, 0.3) is 0 Å². The van der Waals surface area contributed by atoms with Gasteiger partial charge in [0.15, 0.2) is 0 Å². The highest BCUT2D eigenvalue weighted by molar-refractivity contribution is 5.22. The Morgan fingerprint density at radius 3 is 2.40 bits per heavy atom. The van der Waals surface area contributed by atoms with Gasteiger partial charge in [-0.3, -0.25) is 0 Å². The van der Waals surface area contributed by atoms with Crippen LogP contribution in [0.5, 0.6) is 0 Å². The van der Waals surface area contributed by atoms with Crippen LogP contribution in [-0.2, 0) is 6.42 Å². The van der Waals surface area contributed by atoms with Gasteiger partial charge in [0.2, 0.25) is 0 Å². The maximum absolute atomic E-state index is 13.3. The lowest BCUT2D eigenvalue weighted by Crippen LogP contribution is -2.24. The van der Waals surface area contributed by atoms with E-state index in [1.54, 1.807) is 0 Å². The van der Waals surface area contributed by atoms with Crippen LogP contribution in [0.2, 0.25) is 0 Å². The summed E-state index contributed by atoms with van der Waals surface area (Å²) in [5.41, 5.74) is -0.0178. The van der Waals surface area contributed by atoms with Crippen molar-refractivity contribution in [1.29, 1.82) is 0 Å². The van der Waals surface area contributed by atoms with E-state index in [4.69, 9.17) is 0 Å². The summed E-state index contributed by atoms with van der Waals surface area (Å²) >= 11 is 0. The molecule has 1 nitrogen and oxygen atoms in total. The number of nitrogens with one attached hydrogen (secondary N) is 1.